The standard InChI is InChI=1S/C28H35FN4O2/c1-6-7-10-16-32(27(35)22-14-8-9-15-23(22)29)19-26(34)30-25-18-24(28(3,4)5)31-33(25)21-13-11-12-20(2)17-21/h8-9,11-15,17-18H,6-7,10,16,19H2,1-5H3,(H,30,34). The molecule has 0 spiro atoms. The van der Waals surface area contributed by atoms with Gasteiger partial charge in [-0.25, -0.2) is 9.07 Å². The molecular formula is C28H35FN4O2. The van der Waals surface area contributed by atoms with E-state index in [1.54, 1.807) is 16.8 Å². The van der Waals surface area contributed by atoms with E-state index in [1.165, 1.54) is 17.0 Å². The molecule has 0 bridgehead atoms. The van der Waals surface area contributed by atoms with Gasteiger partial charge in [0.15, 0.2) is 0 Å². The Hall–Kier alpha value is -3.48. The highest BCUT2D eigenvalue weighted by Gasteiger charge is 2.24. The van der Waals surface area contributed by atoms with Crippen LogP contribution in [0.5, 0.6) is 0 Å². The summed E-state index contributed by atoms with van der Waals surface area (Å²) in [4.78, 5) is 27.7. The Kier molecular flexibility index (Phi) is 8.43. The van der Waals surface area contributed by atoms with Gasteiger partial charge in [-0.3, -0.25) is 9.59 Å². The zero-order valence-electron chi connectivity index (χ0n) is 21.3. The van der Waals surface area contributed by atoms with Gasteiger partial charge in [-0.1, -0.05) is 64.8 Å². The number of halogens is 1. The van der Waals surface area contributed by atoms with Crippen LogP contribution in [0, 0.1) is 12.7 Å². The highest BCUT2D eigenvalue weighted by atomic mass is 19.1. The molecule has 1 aromatic heterocycles. The minimum atomic E-state index is -0.592. The van der Waals surface area contributed by atoms with Gasteiger partial charge in [-0.05, 0) is 43.2 Å². The summed E-state index contributed by atoms with van der Waals surface area (Å²) in [5.41, 5.74) is 2.48. The van der Waals surface area contributed by atoms with Crippen LogP contribution in [0.2, 0.25) is 0 Å². The third kappa shape index (κ3) is 6.78. The summed E-state index contributed by atoms with van der Waals surface area (Å²) in [6.45, 7) is 10.4. The number of hydrogen-bond acceptors (Lipinski definition) is 3. The van der Waals surface area contributed by atoms with E-state index in [1.807, 2.05) is 37.3 Å². The maximum Gasteiger partial charge on any atom is 0.257 e. The smallest absolute Gasteiger partial charge is 0.257 e. The highest BCUT2D eigenvalue weighted by molar-refractivity contribution is 5.99. The molecule has 6 nitrogen and oxygen atoms in total. The minimum absolute atomic E-state index is 0.0309. The molecule has 2 aromatic carbocycles. The molecule has 0 atom stereocenters. The molecule has 0 aliphatic carbocycles. The Bertz CT molecular complexity index is 1180. The third-order valence-corrected chi connectivity index (χ3v) is 5.75. The Morgan fingerprint density at radius 2 is 1.80 bits per heavy atom. The summed E-state index contributed by atoms with van der Waals surface area (Å²) >= 11 is 0. The number of carbonyl (C=O) groups excluding carboxylic acids is 2. The van der Waals surface area contributed by atoms with Crippen molar-refractivity contribution in [2.24, 2.45) is 0 Å². The zero-order valence-corrected chi connectivity index (χ0v) is 21.3. The Balaban J connectivity index is 1.86. The molecule has 3 rings (SSSR count). The number of unbranched alkanes of at least 4 members (excludes halogenated alkanes) is 2. The number of nitrogens with zero attached hydrogens (tertiary/aromatic N) is 3. The molecule has 0 saturated heterocycles. The number of hydrogen-bond donors (Lipinski definition) is 1. The van der Waals surface area contributed by atoms with E-state index in [4.69, 9.17) is 5.10 Å². The summed E-state index contributed by atoms with van der Waals surface area (Å²) in [5, 5.41) is 7.69. The number of anilines is 1. The maximum atomic E-state index is 14.3. The first-order chi connectivity index (χ1) is 16.6. The molecule has 0 unspecified atom stereocenters. The van der Waals surface area contributed by atoms with Crippen molar-refractivity contribution in [1.29, 1.82) is 0 Å². The first-order valence-electron chi connectivity index (χ1n) is 12.1. The monoisotopic (exact) mass is 478 g/mol. The Morgan fingerprint density at radius 1 is 1.06 bits per heavy atom. The van der Waals surface area contributed by atoms with Crippen LogP contribution in [-0.2, 0) is 10.2 Å². The van der Waals surface area contributed by atoms with E-state index < -0.39 is 11.7 Å². The Labute approximate surface area is 207 Å². The largest absolute Gasteiger partial charge is 0.329 e. The van der Waals surface area contributed by atoms with Crippen LogP contribution in [0.3, 0.4) is 0 Å². The van der Waals surface area contributed by atoms with Crippen molar-refractivity contribution in [3.05, 3.63) is 77.2 Å². The Morgan fingerprint density at radius 3 is 2.46 bits per heavy atom. The molecule has 35 heavy (non-hydrogen) atoms. The normalized spacial score (nSPS) is 11.4. The van der Waals surface area contributed by atoms with E-state index in [-0.39, 0.29) is 23.4 Å². The lowest BCUT2D eigenvalue weighted by atomic mass is 9.92. The van der Waals surface area contributed by atoms with E-state index in [2.05, 4.69) is 33.0 Å². The van der Waals surface area contributed by atoms with Gasteiger partial charge >= 0.3 is 0 Å². The summed E-state index contributed by atoms with van der Waals surface area (Å²) in [5.74, 6) is -0.916. The first-order valence-corrected chi connectivity index (χ1v) is 12.1. The van der Waals surface area contributed by atoms with Crippen molar-refractivity contribution in [3.8, 4) is 5.69 Å². The number of rotatable bonds is 9. The molecule has 2 amide bonds. The lowest BCUT2D eigenvalue weighted by Gasteiger charge is -2.22. The molecule has 0 saturated carbocycles. The number of nitrogens with one attached hydrogen (secondary N) is 1. The van der Waals surface area contributed by atoms with E-state index in [0.29, 0.717) is 12.4 Å². The number of benzene rings is 2. The molecule has 186 valence electrons. The SMILES string of the molecule is CCCCCN(CC(=O)Nc1cc(C(C)(C)C)nn1-c1cccc(C)c1)C(=O)c1ccccc1F. The van der Waals surface area contributed by atoms with Crippen molar-refractivity contribution >= 4 is 17.6 Å². The van der Waals surface area contributed by atoms with Crippen molar-refractivity contribution in [2.75, 3.05) is 18.4 Å². The third-order valence-electron chi connectivity index (χ3n) is 5.75. The van der Waals surface area contributed by atoms with Crippen molar-refractivity contribution < 1.29 is 14.0 Å². The van der Waals surface area contributed by atoms with Crippen LogP contribution < -0.4 is 5.32 Å². The number of amides is 2. The fraction of sp³-hybridized carbons (Fsp3) is 0.393. The quantitative estimate of drug-likeness (QED) is 0.390. The maximum absolute atomic E-state index is 14.3. The first kappa shape index (κ1) is 26.1. The second kappa shape index (κ2) is 11.3. The molecule has 0 fully saturated rings. The highest BCUT2D eigenvalue weighted by Crippen LogP contribution is 2.26. The minimum Gasteiger partial charge on any atom is -0.329 e. The van der Waals surface area contributed by atoms with Crippen molar-refractivity contribution in [3.63, 3.8) is 0 Å². The lowest BCUT2D eigenvalue weighted by molar-refractivity contribution is -0.117. The average molecular weight is 479 g/mol. The van der Waals surface area contributed by atoms with Crippen LogP contribution in [-0.4, -0.2) is 39.6 Å². The molecule has 0 radical (unpaired) electrons. The van der Waals surface area contributed by atoms with Gasteiger partial charge in [0.05, 0.1) is 16.9 Å². The molecule has 0 aliphatic heterocycles. The van der Waals surface area contributed by atoms with E-state index >= 15 is 0 Å². The second-order valence-electron chi connectivity index (χ2n) is 9.88. The van der Waals surface area contributed by atoms with Crippen LogP contribution in [0.1, 0.15) is 68.6 Å². The van der Waals surface area contributed by atoms with Gasteiger partial charge in [0.25, 0.3) is 5.91 Å². The molecule has 1 N–H and O–H groups in total. The van der Waals surface area contributed by atoms with Crippen LogP contribution in [0.25, 0.3) is 5.69 Å². The fourth-order valence-electron chi connectivity index (χ4n) is 3.76. The van der Waals surface area contributed by atoms with Crippen molar-refractivity contribution in [2.45, 2.75) is 59.3 Å². The van der Waals surface area contributed by atoms with Crippen LogP contribution in [0.4, 0.5) is 10.2 Å². The summed E-state index contributed by atoms with van der Waals surface area (Å²) < 4.78 is 16.0. The number of aromatic nitrogens is 2. The average Bonchev–Trinajstić information content (AvgIpc) is 3.23. The summed E-state index contributed by atoms with van der Waals surface area (Å²) in [6.07, 6.45) is 2.62. The van der Waals surface area contributed by atoms with E-state index in [0.717, 1.165) is 36.2 Å². The van der Waals surface area contributed by atoms with Crippen molar-refractivity contribution in [1.82, 2.24) is 14.7 Å². The topological polar surface area (TPSA) is 67.2 Å². The summed E-state index contributed by atoms with van der Waals surface area (Å²) in [7, 11) is 0. The second-order valence-corrected chi connectivity index (χ2v) is 9.88. The molecule has 7 heteroatoms. The predicted molar refractivity (Wildman–Crippen MR) is 137 cm³/mol. The van der Waals surface area contributed by atoms with Gasteiger partial charge in [-0.15, -0.1) is 0 Å². The van der Waals surface area contributed by atoms with Gasteiger partial charge in [0, 0.05) is 18.0 Å². The zero-order chi connectivity index (χ0) is 25.6. The van der Waals surface area contributed by atoms with Gasteiger partial charge < -0.3 is 10.2 Å². The molecule has 0 aliphatic rings. The van der Waals surface area contributed by atoms with Gasteiger partial charge in [0.2, 0.25) is 5.91 Å². The summed E-state index contributed by atoms with van der Waals surface area (Å²) in [6, 6.07) is 15.6. The number of carbonyl (C=O) groups is 2. The lowest BCUT2D eigenvalue weighted by Crippen LogP contribution is -2.39. The predicted octanol–water partition coefficient (Wildman–Crippen LogP) is 5.89. The fourth-order valence-corrected chi connectivity index (χ4v) is 3.76. The molecular weight excluding hydrogens is 443 g/mol. The molecule has 1 heterocycles. The van der Waals surface area contributed by atoms with Gasteiger partial charge in [0.1, 0.15) is 18.2 Å². The van der Waals surface area contributed by atoms with Crippen LogP contribution in [0.15, 0.2) is 54.6 Å². The van der Waals surface area contributed by atoms with E-state index in [9.17, 15) is 14.0 Å². The van der Waals surface area contributed by atoms with Gasteiger partial charge in [-0.2, -0.15) is 5.10 Å². The molecule has 3 aromatic rings. The number of aryl methyl sites for hydroxylation is 1. The van der Waals surface area contributed by atoms with Crippen LogP contribution >= 0.6 is 0 Å².